The zero-order valence-electron chi connectivity index (χ0n) is 19.8. The molecule has 2 saturated heterocycles. The molecular formula is C28H31N3O4. The molecule has 0 aromatic heterocycles. The van der Waals surface area contributed by atoms with Crippen LogP contribution in [0.2, 0.25) is 0 Å². The van der Waals surface area contributed by atoms with Crippen LogP contribution in [0.5, 0.6) is 5.75 Å². The Morgan fingerprint density at radius 1 is 0.914 bits per heavy atom. The van der Waals surface area contributed by atoms with Crippen LogP contribution in [-0.2, 0) is 16.1 Å². The predicted octanol–water partition coefficient (Wildman–Crippen LogP) is 3.24. The molecule has 0 bridgehead atoms. The van der Waals surface area contributed by atoms with E-state index in [0.717, 1.165) is 37.2 Å². The number of amides is 3. The van der Waals surface area contributed by atoms with E-state index in [-0.39, 0.29) is 30.2 Å². The zero-order valence-corrected chi connectivity index (χ0v) is 19.8. The fourth-order valence-corrected chi connectivity index (χ4v) is 6.15. The number of nitrogens with zero attached hydrogens (tertiary/aromatic N) is 2. The lowest BCUT2D eigenvalue weighted by molar-refractivity contribution is -0.136. The van der Waals surface area contributed by atoms with Crippen molar-refractivity contribution in [2.24, 2.45) is 0 Å². The molecule has 6 rings (SSSR count). The van der Waals surface area contributed by atoms with Crippen LogP contribution in [-0.4, -0.2) is 58.8 Å². The van der Waals surface area contributed by atoms with Crippen molar-refractivity contribution in [2.45, 2.75) is 69.2 Å². The molecule has 2 aromatic carbocycles. The molecule has 1 saturated carbocycles. The summed E-state index contributed by atoms with van der Waals surface area (Å²) in [5, 5.41) is 2.36. The number of carbonyl (C=O) groups excluding carboxylic acids is 3. The Morgan fingerprint density at radius 2 is 1.71 bits per heavy atom. The first-order valence-electron chi connectivity index (χ1n) is 12.8. The molecule has 3 aliphatic heterocycles. The quantitative estimate of drug-likeness (QED) is 0.675. The van der Waals surface area contributed by atoms with Gasteiger partial charge in [0.2, 0.25) is 11.8 Å². The van der Waals surface area contributed by atoms with E-state index in [2.05, 4.69) is 40.5 Å². The number of nitrogens with one attached hydrogen (secondary N) is 1. The minimum Gasteiger partial charge on any atom is -0.489 e. The lowest BCUT2D eigenvalue weighted by Gasteiger charge is -2.48. The molecule has 1 N–H and O–H groups in total. The van der Waals surface area contributed by atoms with Crippen molar-refractivity contribution in [3.05, 3.63) is 65.2 Å². The zero-order chi connectivity index (χ0) is 23.9. The first-order valence-corrected chi connectivity index (χ1v) is 12.8. The van der Waals surface area contributed by atoms with Crippen molar-refractivity contribution in [2.75, 3.05) is 13.1 Å². The summed E-state index contributed by atoms with van der Waals surface area (Å²) in [7, 11) is 0. The molecule has 7 nitrogen and oxygen atoms in total. The lowest BCUT2D eigenvalue weighted by Crippen LogP contribution is -2.57. The average molecular weight is 474 g/mol. The number of hydrogen-bond acceptors (Lipinski definition) is 5. The number of hydrogen-bond donors (Lipinski definition) is 1. The minimum absolute atomic E-state index is 0.141. The molecule has 1 aliphatic carbocycles. The molecule has 2 aromatic rings. The molecular weight excluding hydrogens is 442 g/mol. The highest BCUT2D eigenvalue weighted by Crippen LogP contribution is 2.36. The normalized spacial score (nSPS) is 27.4. The number of ether oxygens (including phenoxy) is 1. The Balaban J connectivity index is 1.12. The highest BCUT2D eigenvalue weighted by Gasteiger charge is 2.41. The Morgan fingerprint density at radius 3 is 2.51 bits per heavy atom. The van der Waals surface area contributed by atoms with Crippen LogP contribution in [0.4, 0.5) is 0 Å². The topological polar surface area (TPSA) is 79.0 Å². The van der Waals surface area contributed by atoms with Gasteiger partial charge in [0, 0.05) is 43.6 Å². The van der Waals surface area contributed by atoms with E-state index in [1.807, 2.05) is 18.2 Å². The standard InChI is InChI=1S/C28H31N3O4/c32-26-13-12-24(27(33)29-26)31-17-19-14-21(10-11-22(19)28(31)34)35-25-9-5-4-8-23(25)30-15-20(16-30)18-6-2-1-3-7-18/h1-3,6-7,10-11,14,20,23-25H,4-5,8-9,12-13,15-17H2,(H,29,32,33)/t23-,24+,25-/m0/s1. The number of benzene rings is 2. The molecule has 3 atom stereocenters. The number of imide groups is 1. The predicted molar refractivity (Wildman–Crippen MR) is 130 cm³/mol. The first kappa shape index (κ1) is 22.3. The monoisotopic (exact) mass is 473 g/mol. The van der Waals surface area contributed by atoms with Gasteiger partial charge in [0.15, 0.2) is 0 Å². The van der Waals surface area contributed by atoms with E-state index in [0.29, 0.717) is 30.5 Å². The summed E-state index contributed by atoms with van der Waals surface area (Å²) in [4.78, 5) is 40.9. The summed E-state index contributed by atoms with van der Waals surface area (Å²) >= 11 is 0. The van der Waals surface area contributed by atoms with Gasteiger partial charge in [-0.25, -0.2) is 0 Å². The van der Waals surface area contributed by atoms with Gasteiger partial charge in [-0.3, -0.25) is 24.6 Å². The molecule has 3 fully saturated rings. The van der Waals surface area contributed by atoms with Crippen LogP contribution in [0.25, 0.3) is 0 Å². The maximum Gasteiger partial charge on any atom is 0.255 e. The molecule has 0 unspecified atom stereocenters. The lowest BCUT2D eigenvalue weighted by atomic mass is 9.84. The van der Waals surface area contributed by atoms with Gasteiger partial charge < -0.3 is 9.64 Å². The van der Waals surface area contributed by atoms with Crippen molar-refractivity contribution < 1.29 is 19.1 Å². The Hall–Kier alpha value is -3.19. The number of piperidine rings is 1. The van der Waals surface area contributed by atoms with Crippen LogP contribution < -0.4 is 10.1 Å². The molecule has 0 radical (unpaired) electrons. The number of fused-ring (bicyclic) bond motifs is 1. The third kappa shape index (κ3) is 4.22. The van der Waals surface area contributed by atoms with Crippen molar-refractivity contribution in [3.63, 3.8) is 0 Å². The third-order valence-electron chi connectivity index (χ3n) is 8.10. The second-order valence-electron chi connectivity index (χ2n) is 10.3. The van der Waals surface area contributed by atoms with Gasteiger partial charge >= 0.3 is 0 Å². The Labute approximate surface area is 205 Å². The molecule has 7 heteroatoms. The van der Waals surface area contributed by atoms with Gasteiger partial charge in [0.1, 0.15) is 17.9 Å². The summed E-state index contributed by atoms with van der Waals surface area (Å²) in [6.45, 7) is 2.53. The van der Waals surface area contributed by atoms with Crippen LogP contribution in [0.15, 0.2) is 48.5 Å². The van der Waals surface area contributed by atoms with E-state index >= 15 is 0 Å². The maximum atomic E-state index is 13.0. The van der Waals surface area contributed by atoms with Gasteiger partial charge in [-0.05, 0) is 55.0 Å². The van der Waals surface area contributed by atoms with Crippen molar-refractivity contribution in [1.82, 2.24) is 15.1 Å². The Bertz CT molecular complexity index is 1140. The van der Waals surface area contributed by atoms with Crippen molar-refractivity contribution in [3.8, 4) is 5.75 Å². The fraction of sp³-hybridized carbons (Fsp3) is 0.464. The third-order valence-corrected chi connectivity index (χ3v) is 8.10. The van der Waals surface area contributed by atoms with Gasteiger partial charge in [0.25, 0.3) is 5.91 Å². The molecule has 182 valence electrons. The Kier molecular flexibility index (Phi) is 5.80. The van der Waals surface area contributed by atoms with E-state index in [1.54, 1.807) is 4.90 Å². The highest BCUT2D eigenvalue weighted by atomic mass is 16.5. The average Bonchev–Trinajstić information content (AvgIpc) is 3.15. The van der Waals surface area contributed by atoms with E-state index in [4.69, 9.17) is 4.74 Å². The maximum absolute atomic E-state index is 13.0. The second-order valence-corrected chi connectivity index (χ2v) is 10.3. The summed E-state index contributed by atoms with van der Waals surface area (Å²) in [5.41, 5.74) is 2.93. The van der Waals surface area contributed by atoms with Gasteiger partial charge in [-0.15, -0.1) is 0 Å². The first-order chi connectivity index (χ1) is 17.1. The van der Waals surface area contributed by atoms with E-state index < -0.39 is 6.04 Å². The molecule has 4 aliphatic rings. The van der Waals surface area contributed by atoms with Gasteiger partial charge in [0.05, 0.1) is 0 Å². The molecule has 3 heterocycles. The molecule has 3 amide bonds. The van der Waals surface area contributed by atoms with Gasteiger partial charge in [-0.1, -0.05) is 36.8 Å². The van der Waals surface area contributed by atoms with E-state index in [1.165, 1.54) is 18.4 Å². The molecule has 0 spiro atoms. The van der Waals surface area contributed by atoms with Crippen LogP contribution in [0.1, 0.15) is 65.9 Å². The van der Waals surface area contributed by atoms with E-state index in [9.17, 15) is 14.4 Å². The van der Waals surface area contributed by atoms with Crippen molar-refractivity contribution >= 4 is 17.7 Å². The van der Waals surface area contributed by atoms with Gasteiger partial charge in [-0.2, -0.15) is 0 Å². The second kappa shape index (κ2) is 9.11. The SMILES string of the molecule is O=C1CC[C@@H](N2Cc3cc(O[C@H]4CCCC[C@@H]4N4CC(c5ccccc5)C4)ccc3C2=O)C(=O)N1. The molecule has 35 heavy (non-hydrogen) atoms. The number of likely N-dealkylation sites (tertiary alicyclic amines) is 1. The smallest absolute Gasteiger partial charge is 0.255 e. The summed E-state index contributed by atoms with van der Waals surface area (Å²) < 4.78 is 6.55. The summed E-state index contributed by atoms with van der Waals surface area (Å²) in [6.07, 6.45) is 5.36. The van der Waals surface area contributed by atoms with Crippen molar-refractivity contribution in [1.29, 1.82) is 0 Å². The minimum atomic E-state index is -0.594. The fourth-order valence-electron chi connectivity index (χ4n) is 6.15. The highest BCUT2D eigenvalue weighted by molar-refractivity contribution is 6.05. The number of rotatable bonds is 5. The summed E-state index contributed by atoms with van der Waals surface area (Å²) in [6, 6.07) is 16.2. The van der Waals surface area contributed by atoms with Crippen LogP contribution >= 0.6 is 0 Å². The summed E-state index contributed by atoms with van der Waals surface area (Å²) in [5.74, 6) is 0.587. The van der Waals surface area contributed by atoms with Crippen LogP contribution in [0.3, 0.4) is 0 Å². The van der Waals surface area contributed by atoms with Crippen LogP contribution in [0, 0.1) is 0 Å². The number of carbonyl (C=O) groups is 3. The largest absolute Gasteiger partial charge is 0.489 e.